The normalized spacial score (nSPS) is 14.7. The molecule has 0 fully saturated rings. The first-order valence-corrected chi connectivity index (χ1v) is 6.72. The Morgan fingerprint density at radius 3 is 2.21 bits per heavy atom. The second-order valence-corrected chi connectivity index (χ2v) is 5.88. The Kier molecular flexibility index (Phi) is 5.12. The zero-order valence-corrected chi connectivity index (χ0v) is 12.8. The molecule has 2 unspecified atom stereocenters. The molecule has 1 aromatic rings. The zero-order valence-electron chi connectivity index (χ0n) is 12.8. The van der Waals surface area contributed by atoms with Crippen LogP contribution in [0.4, 0.5) is 0 Å². The van der Waals surface area contributed by atoms with Crippen molar-refractivity contribution in [3.05, 3.63) is 34.9 Å². The summed E-state index contributed by atoms with van der Waals surface area (Å²) in [5, 5.41) is 9.56. The molecular weight excluding hydrogens is 238 g/mol. The fraction of sp³-hybridized carbons (Fsp3) is 0.562. The third-order valence-corrected chi connectivity index (χ3v) is 3.65. The number of hydrogen-bond acceptors (Lipinski definition) is 2. The number of rotatable bonds is 5. The molecule has 1 N–H and O–H groups in total. The van der Waals surface area contributed by atoms with Crippen molar-refractivity contribution < 1.29 is 9.90 Å². The molecule has 0 aliphatic carbocycles. The van der Waals surface area contributed by atoms with E-state index in [1.165, 1.54) is 5.56 Å². The summed E-state index contributed by atoms with van der Waals surface area (Å²) in [6, 6.07) is 6.15. The largest absolute Gasteiger partial charge is 0.481 e. The summed E-state index contributed by atoms with van der Waals surface area (Å²) in [4.78, 5) is 13.6. The maximum Gasteiger partial charge on any atom is 0.308 e. The fourth-order valence-corrected chi connectivity index (χ4v) is 2.66. The van der Waals surface area contributed by atoms with Gasteiger partial charge >= 0.3 is 5.97 Å². The fourth-order valence-electron chi connectivity index (χ4n) is 2.66. The van der Waals surface area contributed by atoms with Gasteiger partial charge in [0.2, 0.25) is 0 Å². The summed E-state index contributed by atoms with van der Waals surface area (Å²) in [5.74, 6) is -1.05. The predicted octanol–water partition coefficient (Wildman–Crippen LogP) is 3.26. The molecule has 3 heteroatoms. The van der Waals surface area contributed by atoms with Crippen molar-refractivity contribution >= 4 is 5.97 Å². The average molecular weight is 263 g/mol. The first kappa shape index (κ1) is 15.7. The van der Waals surface area contributed by atoms with E-state index in [0.29, 0.717) is 0 Å². The van der Waals surface area contributed by atoms with E-state index in [9.17, 15) is 9.90 Å². The molecule has 0 aliphatic heterocycles. The molecule has 0 radical (unpaired) electrons. The van der Waals surface area contributed by atoms with Crippen LogP contribution in [0.3, 0.4) is 0 Å². The van der Waals surface area contributed by atoms with Crippen molar-refractivity contribution in [2.24, 2.45) is 11.8 Å². The van der Waals surface area contributed by atoms with Crippen LogP contribution in [0.15, 0.2) is 18.2 Å². The molecule has 106 valence electrons. The van der Waals surface area contributed by atoms with Crippen LogP contribution in [0.1, 0.15) is 36.6 Å². The van der Waals surface area contributed by atoms with E-state index in [2.05, 4.69) is 18.2 Å². The van der Waals surface area contributed by atoms with Gasteiger partial charge in [0.15, 0.2) is 0 Å². The first-order valence-electron chi connectivity index (χ1n) is 6.72. The lowest BCUT2D eigenvalue weighted by Crippen LogP contribution is -2.36. The van der Waals surface area contributed by atoms with Gasteiger partial charge in [0.1, 0.15) is 0 Å². The van der Waals surface area contributed by atoms with Crippen molar-refractivity contribution in [1.29, 1.82) is 0 Å². The van der Waals surface area contributed by atoms with Gasteiger partial charge in [-0.25, -0.2) is 0 Å². The van der Waals surface area contributed by atoms with Crippen LogP contribution < -0.4 is 0 Å². The molecule has 1 aromatic carbocycles. The maximum atomic E-state index is 11.6. The Morgan fingerprint density at radius 2 is 1.79 bits per heavy atom. The summed E-state index contributed by atoms with van der Waals surface area (Å²) in [6.45, 7) is 8.03. The topological polar surface area (TPSA) is 40.5 Å². The highest BCUT2D eigenvalue weighted by Crippen LogP contribution is 2.34. The number of aryl methyl sites for hydroxylation is 2. The third-order valence-electron chi connectivity index (χ3n) is 3.65. The Labute approximate surface area is 116 Å². The molecule has 0 spiro atoms. The molecule has 0 amide bonds. The highest BCUT2D eigenvalue weighted by Gasteiger charge is 2.34. The number of hydrogen-bond donors (Lipinski definition) is 1. The Balaban J connectivity index is 3.34. The van der Waals surface area contributed by atoms with Gasteiger partial charge in [-0.1, -0.05) is 37.6 Å². The molecule has 0 heterocycles. The quantitative estimate of drug-likeness (QED) is 0.886. The highest BCUT2D eigenvalue weighted by atomic mass is 16.4. The van der Waals surface area contributed by atoms with Crippen molar-refractivity contribution in [1.82, 2.24) is 4.90 Å². The van der Waals surface area contributed by atoms with E-state index in [4.69, 9.17) is 0 Å². The van der Waals surface area contributed by atoms with E-state index < -0.39 is 11.9 Å². The summed E-state index contributed by atoms with van der Waals surface area (Å²) in [6.07, 6.45) is 0. The van der Waals surface area contributed by atoms with Gasteiger partial charge in [-0.2, -0.15) is 0 Å². The van der Waals surface area contributed by atoms with Gasteiger partial charge in [0.05, 0.1) is 5.92 Å². The molecule has 1 rings (SSSR count). The maximum absolute atomic E-state index is 11.6. The van der Waals surface area contributed by atoms with Crippen LogP contribution in [0, 0.1) is 25.7 Å². The van der Waals surface area contributed by atoms with E-state index in [0.717, 1.165) is 11.1 Å². The van der Waals surface area contributed by atoms with E-state index in [1.807, 2.05) is 46.7 Å². The van der Waals surface area contributed by atoms with E-state index >= 15 is 0 Å². The number of nitrogens with zero attached hydrogens (tertiary/aromatic N) is 1. The Morgan fingerprint density at radius 1 is 1.21 bits per heavy atom. The van der Waals surface area contributed by atoms with Gasteiger partial charge in [0.25, 0.3) is 0 Å². The number of aliphatic carboxylic acids is 1. The second-order valence-electron chi connectivity index (χ2n) is 5.88. The molecule has 0 bridgehead atoms. The van der Waals surface area contributed by atoms with Crippen molar-refractivity contribution in [2.75, 3.05) is 14.1 Å². The molecule has 0 saturated heterocycles. The van der Waals surface area contributed by atoms with Gasteiger partial charge in [-0.15, -0.1) is 0 Å². The van der Waals surface area contributed by atoms with Crippen LogP contribution >= 0.6 is 0 Å². The van der Waals surface area contributed by atoms with Crippen molar-refractivity contribution in [3.63, 3.8) is 0 Å². The highest BCUT2D eigenvalue weighted by molar-refractivity contribution is 5.71. The van der Waals surface area contributed by atoms with Crippen LogP contribution in [0.25, 0.3) is 0 Å². The smallest absolute Gasteiger partial charge is 0.308 e. The molecule has 3 nitrogen and oxygen atoms in total. The minimum atomic E-state index is -0.727. The van der Waals surface area contributed by atoms with Gasteiger partial charge in [0, 0.05) is 6.04 Å². The van der Waals surface area contributed by atoms with Gasteiger partial charge < -0.3 is 10.0 Å². The molecule has 2 atom stereocenters. The Hall–Kier alpha value is -1.35. The van der Waals surface area contributed by atoms with Crippen LogP contribution in [0.2, 0.25) is 0 Å². The number of carboxylic acids is 1. The lowest BCUT2D eigenvalue weighted by Gasteiger charge is -2.33. The lowest BCUT2D eigenvalue weighted by atomic mass is 9.82. The lowest BCUT2D eigenvalue weighted by molar-refractivity contribution is -0.146. The first-order chi connectivity index (χ1) is 8.75. The van der Waals surface area contributed by atoms with Crippen molar-refractivity contribution in [2.45, 2.75) is 33.7 Å². The minimum Gasteiger partial charge on any atom is -0.481 e. The molecule has 0 saturated carbocycles. The summed E-state index contributed by atoms with van der Waals surface area (Å²) >= 11 is 0. The van der Waals surface area contributed by atoms with Crippen LogP contribution in [-0.4, -0.2) is 30.1 Å². The molecule has 19 heavy (non-hydrogen) atoms. The Bertz CT molecular complexity index is 452. The average Bonchev–Trinajstić information content (AvgIpc) is 2.27. The summed E-state index contributed by atoms with van der Waals surface area (Å²) < 4.78 is 0. The summed E-state index contributed by atoms with van der Waals surface area (Å²) in [7, 11) is 3.90. The van der Waals surface area contributed by atoms with E-state index in [-0.39, 0.29) is 12.0 Å². The zero-order chi connectivity index (χ0) is 14.7. The predicted molar refractivity (Wildman–Crippen MR) is 78.3 cm³/mol. The van der Waals surface area contributed by atoms with Crippen molar-refractivity contribution in [3.8, 4) is 0 Å². The molecular formula is C16H25NO2. The van der Waals surface area contributed by atoms with Crippen LogP contribution in [-0.2, 0) is 4.79 Å². The number of carboxylic acid groups (broad SMARTS) is 1. The minimum absolute atomic E-state index is 0.0878. The summed E-state index contributed by atoms with van der Waals surface area (Å²) in [5.41, 5.74) is 3.43. The number of benzene rings is 1. The molecule has 0 aliphatic rings. The van der Waals surface area contributed by atoms with E-state index in [1.54, 1.807) is 0 Å². The number of carbonyl (C=O) groups is 1. The second kappa shape index (κ2) is 6.20. The monoisotopic (exact) mass is 263 g/mol. The standard InChI is InChI=1S/C16H25NO2/c1-10(2)14(16(18)19)15(17(5)6)13-9-11(3)7-8-12(13)4/h7-10,14-15H,1-6H3,(H,18,19). The third kappa shape index (κ3) is 3.57. The SMILES string of the molecule is Cc1ccc(C)c(C(C(C(=O)O)C(C)C)N(C)C)c1. The van der Waals surface area contributed by atoms with Crippen LogP contribution in [0.5, 0.6) is 0 Å². The molecule has 0 aromatic heterocycles. The van der Waals surface area contributed by atoms with Gasteiger partial charge in [-0.05, 0) is 45.0 Å². The van der Waals surface area contributed by atoms with Gasteiger partial charge in [-0.3, -0.25) is 4.79 Å².